The number of H-pyrrole nitrogens is 1. The molecule has 86 valence electrons. The van der Waals surface area contributed by atoms with Gasteiger partial charge < -0.3 is 4.98 Å². The summed E-state index contributed by atoms with van der Waals surface area (Å²) in [7, 11) is -1.52. The van der Waals surface area contributed by atoms with E-state index in [2.05, 4.69) is 51.5 Å². The molecule has 1 N–H and O–H groups in total. The van der Waals surface area contributed by atoms with Gasteiger partial charge in [0.05, 0.1) is 5.45 Å². The second-order valence-corrected chi connectivity index (χ2v) is 11.1. The van der Waals surface area contributed by atoms with E-state index in [1.54, 1.807) is 0 Å². The molecule has 2 nitrogen and oxygen atoms in total. The first-order valence-corrected chi connectivity index (χ1v) is 8.17. The van der Waals surface area contributed by atoms with Crippen LogP contribution in [-0.4, -0.2) is 18.0 Å². The lowest BCUT2D eigenvalue weighted by molar-refractivity contribution is 0.827. The minimum atomic E-state index is -1.52. The van der Waals surface area contributed by atoms with Crippen molar-refractivity contribution < 1.29 is 0 Å². The summed E-state index contributed by atoms with van der Waals surface area (Å²) in [6.45, 7) is 14.1. The maximum atomic E-state index is 4.56. The highest BCUT2D eigenvalue weighted by molar-refractivity contribution is 6.93. The third-order valence-corrected chi connectivity index (χ3v) is 10.6. The number of aromatic nitrogens is 2. The molecule has 0 fully saturated rings. The predicted molar refractivity (Wildman–Crippen MR) is 69.3 cm³/mol. The summed E-state index contributed by atoms with van der Waals surface area (Å²) in [6.07, 6.45) is 3.86. The van der Waals surface area contributed by atoms with Crippen molar-refractivity contribution in [3.05, 3.63) is 12.4 Å². The Morgan fingerprint density at radius 2 is 1.47 bits per heavy atom. The number of nitrogens with zero attached hydrogens (tertiary/aromatic N) is 1. The summed E-state index contributed by atoms with van der Waals surface area (Å²) in [6, 6.07) is 0. The van der Waals surface area contributed by atoms with Crippen LogP contribution in [0, 0.1) is 0 Å². The number of aromatic amines is 1. The van der Waals surface area contributed by atoms with E-state index in [4.69, 9.17) is 0 Å². The first-order chi connectivity index (χ1) is 6.94. The molecule has 0 aliphatic heterocycles. The van der Waals surface area contributed by atoms with Gasteiger partial charge in [0.1, 0.15) is 8.07 Å². The van der Waals surface area contributed by atoms with Crippen LogP contribution < -0.4 is 5.45 Å². The maximum Gasteiger partial charge on any atom is 0.139 e. The van der Waals surface area contributed by atoms with Crippen LogP contribution in [0.25, 0.3) is 0 Å². The van der Waals surface area contributed by atoms with E-state index >= 15 is 0 Å². The zero-order valence-electron chi connectivity index (χ0n) is 10.8. The second kappa shape index (κ2) is 4.52. The number of imidazole rings is 1. The van der Waals surface area contributed by atoms with E-state index in [1.807, 2.05) is 12.4 Å². The molecule has 0 aliphatic rings. The quantitative estimate of drug-likeness (QED) is 0.781. The smallest absolute Gasteiger partial charge is 0.139 e. The number of hydrogen-bond acceptors (Lipinski definition) is 1. The zero-order chi connectivity index (χ0) is 11.6. The molecule has 0 amide bonds. The molecule has 1 aromatic rings. The van der Waals surface area contributed by atoms with Gasteiger partial charge in [-0.25, -0.2) is 4.98 Å². The van der Waals surface area contributed by atoms with Crippen LogP contribution in [-0.2, 0) is 0 Å². The highest BCUT2D eigenvalue weighted by Gasteiger charge is 2.46. The van der Waals surface area contributed by atoms with Crippen LogP contribution in [0.3, 0.4) is 0 Å². The fourth-order valence-corrected chi connectivity index (χ4v) is 9.59. The lowest BCUT2D eigenvalue weighted by Crippen LogP contribution is -2.57. The Hall–Kier alpha value is -0.573. The molecule has 0 unspecified atom stereocenters. The molecule has 0 bridgehead atoms. The van der Waals surface area contributed by atoms with Gasteiger partial charge in [0.15, 0.2) is 0 Å². The van der Waals surface area contributed by atoms with E-state index in [1.165, 1.54) is 5.45 Å². The van der Waals surface area contributed by atoms with Crippen molar-refractivity contribution in [3.63, 3.8) is 0 Å². The second-order valence-electron chi connectivity index (χ2n) is 5.33. The van der Waals surface area contributed by atoms with E-state index in [-0.39, 0.29) is 0 Å². The Labute approximate surface area is 94.5 Å². The average Bonchev–Trinajstić information content (AvgIpc) is 2.55. The van der Waals surface area contributed by atoms with Crippen molar-refractivity contribution in [1.82, 2.24) is 9.97 Å². The summed E-state index contributed by atoms with van der Waals surface area (Å²) in [4.78, 5) is 7.93. The van der Waals surface area contributed by atoms with Crippen molar-refractivity contribution in [2.45, 2.75) is 58.2 Å². The van der Waals surface area contributed by atoms with Crippen LogP contribution >= 0.6 is 0 Å². The van der Waals surface area contributed by atoms with E-state index in [9.17, 15) is 0 Å². The van der Waals surface area contributed by atoms with Crippen molar-refractivity contribution in [1.29, 1.82) is 0 Å². The van der Waals surface area contributed by atoms with Gasteiger partial charge in [-0.1, -0.05) is 41.5 Å². The molecule has 0 spiro atoms. The van der Waals surface area contributed by atoms with Crippen molar-refractivity contribution in [2.75, 3.05) is 0 Å². The Balaban J connectivity index is 3.27. The minimum Gasteiger partial charge on any atom is -0.353 e. The zero-order valence-corrected chi connectivity index (χ0v) is 11.8. The fraction of sp³-hybridized carbons (Fsp3) is 0.750. The Bertz CT molecular complexity index is 267. The highest BCUT2D eigenvalue weighted by Crippen LogP contribution is 2.40. The monoisotopic (exact) mass is 224 g/mol. The summed E-state index contributed by atoms with van der Waals surface area (Å²) in [5, 5.41) is 0. The number of hydrogen-bond donors (Lipinski definition) is 1. The molecule has 1 rings (SSSR count). The van der Waals surface area contributed by atoms with Crippen LogP contribution in [0.5, 0.6) is 0 Å². The van der Waals surface area contributed by atoms with E-state index in [0.717, 1.165) is 16.6 Å². The van der Waals surface area contributed by atoms with Gasteiger partial charge >= 0.3 is 0 Å². The molecular formula is C12H24N2Si. The molecule has 15 heavy (non-hydrogen) atoms. The number of nitrogens with one attached hydrogen (secondary N) is 1. The summed E-state index contributed by atoms with van der Waals surface area (Å²) < 4.78 is 0. The van der Waals surface area contributed by atoms with Crippen LogP contribution in [0.1, 0.15) is 41.5 Å². The molecule has 1 aromatic heterocycles. The molecule has 0 atom stereocenters. The summed E-state index contributed by atoms with van der Waals surface area (Å²) >= 11 is 0. The first kappa shape index (κ1) is 12.5. The molecule has 3 heteroatoms. The largest absolute Gasteiger partial charge is 0.353 e. The lowest BCUT2D eigenvalue weighted by Gasteiger charge is -2.41. The van der Waals surface area contributed by atoms with Gasteiger partial charge in [-0.3, -0.25) is 0 Å². The maximum absolute atomic E-state index is 4.56. The van der Waals surface area contributed by atoms with Gasteiger partial charge in [0.25, 0.3) is 0 Å². The van der Waals surface area contributed by atoms with E-state index in [0.29, 0.717) is 0 Å². The molecule has 0 saturated carbocycles. The first-order valence-electron chi connectivity index (χ1n) is 5.93. The molecule has 1 heterocycles. The average molecular weight is 224 g/mol. The van der Waals surface area contributed by atoms with Gasteiger partial charge in [-0.2, -0.15) is 0 Å². The molecular weight excluding hydrogens is 200 g/mol. The molecule has 0 aliphatic carbocycles. The molecule has 0 radical (unpaired) electrons. The Morgan fingerprint density at radius 3 is 1.73 bits per heavy atom. The predicted octanol–water partition coefficient (Wildman–Crippen LogP) is 3.30. The van der Waals surface area contributed by atoms with Gasteiger partial charge in [0, 0.05) is 12.4 Å². The Morgan fingerprint density at radius 1 is 1.00 bits per heavy atom. The lowest BCUT2D eigenvalue weighted by atomic mass is 10.5. The summed E-state index contributed by atoms with van der Waals surface area (Å²) in [5.41, 5.74) is 3.46. The molecule has 0 aromatic carbocycles. The third-order valence-electron chi connectivity index (χ3n) is 3.77. The highest BCUT2D eigenvalue weighted by atomic mass is 28.3. The van der Waals surface area contributed by atoms with Crippen LogP contribution in [0.15, 0.2) is 12.4 Å². The van der Waals surface area contributed by atoms with Crippen molar-refractivity contribution in [2.24, 2.45) is 0 Å². The molecule has 0 saturated heterocycles. The van der Waals surface area contributed by atoms with Crippen LogP contribution in [0.2, 0.25) is 16.6 Å². The fourth-order valence-electron chi connectivity index (χ4n) is 3.32. The SMILES string of the molecule is CC(C)[Si](c1ncc[nH]1)(C(C)C)C(C)C. The van der Waals surface area contributed by atoms with Gasteiger partial charge in [-0.15, -0.1) is 0 Å². The van der Waals surface area contributed by atoms with Gasteiger partial charge in [0.2, 0.25) is 0 Å². The minimum absolute atomic E-state index is 0.726. The topological polar surface area (TPSA) is 28.7 Å². The Kier molecular flexibility index (Phi) is 3.76. The van der Waals surface area contributed by atoms with Crippen molar-refractivity contribution in [3.8, 4) is 0 Å². The van der Waals surface area contributed by atoms with Gasteiger partial charge in [-0.05, 0) is 16.6 Å². The van der Waals surface area contributed by atoms with Crippen LogP contribution in [0.4, 0.5) is 0 Å². The standard InChI is InChI=1S/C12H24N2Si/c1-9(2)15(10(3)4,11(5)6)12-13-7-8-14-12/h7-11H,1-6H3,(H,13,14). The van der Waals surface area contributed by atoms with Crippen molar-refractivity contribution >= 4 is 13.5 Å². The van der Waals surface area contributed by atoms with E-state index < -0.39 is 8.07 Å². The third kappa shape index (κ3) is 1.89. The summed E-state index contributed by atoms with van der Waals surface area (Å²) in [5.74, 6) is 0. The normalized spacial score (nSPS) is 13.1. The number of rotatable bonds is 4.